The van der Waals surface area contributed by atoms with Crippen LogP contribution in [0.4, 0.5) is 0 Å². The molecule has 0 radical (unpaired) electrons. The van der Waals surface area contributed by atoms with Crippen LogP contribution in [0.2, 0.25) is 0 Å². The molecule has 0 bridgehead atoms. The first-order valence-electron chi connectivity index (χ1n) is 7.44. The largest absolute Gasteiger partial charge is 0.359 e. The summed E-state index contributed by atoms with van der Waals surface area (Å²) in [7, 11) is 1.70. The van der Waals surface area contributed by atoms with Crippen LogP contribution in [0, 0.1) is 11.3 Å². The molecule has 5 nitrogen and oxygen atoms in total. The highest BCUT2D eigenvalue weighted by Crippen LogP contribution is 2.19. The highest BCUT2D eigenvalue weighted by Gasteiger charge is 2.15. The Morgan fingerprint density at radius 1 is 1.17 bits per heavy atom. The number of aromatic nitrogens is 1. The van der Waals surface area contributed by atoms with Gasteiger partial charge in [0, 0.05) is 24.2 Å². The second kappa shape index (κ2) is 6.80. The topological polar surface area (TPSA) is 70.1 Å². The number of nitriles is 1. The fourth-order valence-corrected chi connectivity index (χ4v) is 2.35. The van der Waals surface area contributed by atoms with Crippen molar-refractivity contribution in [3.8, 4) is 17.3 Å². The van der Waals surface area contributed by atoms with E-state index in [1.54, 1.807) is 36.2 Å². The van der Waals surface area contributed by atoms with Gasteiger partial charge in [-0.3, -0.25) is 4.79 Å². The molecule has 0 unspecified atom stereocenters. The van der Waals surface area contributed by atoms with Crippen LogP contribution in [-0.4, -0.2) is 23.0 Å². The van der Waals surface area contributed by atoms with E-state index in [0.717, 1.165) is 11.3 Å². The molecule has 0 aliphatic rings. The molecule has 0 fully saturated rings. The quantitative estimate of drug-likeness (QED) is 0.738. The van der Waals surface area contributed by atoms with E-state index < -0.39 is 0 Å². The fraction of sp³-hybridized carbons (Fsp3) is 0.105. The van der Waals surface area contributed by atoms with Crippen LogP contribution >= 0.6 is 0 Å². The lowest BCUT2D eigenvalue weighted by Gasteiger charge is -2.15. The first kappa shape index (κ1) is 15.5. The zero-order valence-electron chi connectivity index (χ0n) is 13.1. The molecule has 1 aromatic heterocycles. The van der Waals surface area contributed by atoms with Crippen molar-refractivity contribution in [1.82, 2.24) is 10.1 Å². The van der Waals surface area contributed by atoms with Gasteiger partial charge in [0.2, 0.25) is 0 Å². The second-order valence-corrected chi connectivity index (χ2v) is 5.39. The van der Waals surface area contributed by atoms with E-state index in [2.05, 4.69) is 5.16 Å². The molecule has 5 heteroatoms. The second-order valence-electron chi connectivity index (χ2n) is 5.39. The maximum Gasteiger partial charge on any atom is 0.254 e. The number of benzene rings is 2. The molecule has 0 atom stereocenters. The molecule has 0 saturated carbocycles. The maximum atomic E-state index is 12.4. The van der Waals surface area contributed by atoms with Crippen LogP contribution in [0.1, 0.15) is 21.7 Å². The number of amides is 1. The first-order chi connectivity index (χ1) is 11.7. The molecule has 0 aliphatic heterocycles. The zero-order valence-corrected chi connectivity index (χ0v) is 13.1. The molecule has 3 aromatic rings. The Morgan fingerprint density at radius 3 is 2.54 bits per heavy atom. The van der Waals surface area contributed by atoms with Gasteiger partial charge >= 0.3 is 0 Å². The van der Waals surface area contributed by atoms with Gasteiger partial charge < -0.3 is 9.42 Å². The lowest BCUT2D eigenvalue weighted by molar-refractivity contribution is 0.0772. The van der Waals surface area contributed by atoms with Crippen molar-refractivity contribution >= 4 is 5.91 Å². The van der Waals surface area contributed by atoms with Gasteiger partial charge in [0.1, 0.15) is 5.69 Å². The van der Waals surface area contributed by atoms with Crippen LogP contribution in [0.3, 0.4) is 0 Å². The normalized spacial score (nSPS) is 10.2. The lowest BCUT2D eigenvalue weighted by Crippen LogP contribution is -2.25. The minimum atomic E-state index is -0.142. The molecule has 0 N–H and O–H groups in total. The average Bonchev–Trinajstić information content (AvgIpc) is 3.10. The van der Waals surface area contributed by atoms with E-state index in [4.69, 9.17) is 9.78 Å². The smallest absolute Gasteiger partial charge is 0.254 e. The van der Waals surface area contributed by atoms with Crippen molar-refractivity contribution in [2.75, 3.05) is 7.05 Å². The van der Waals surface area contributed by atoms with Gasteiger partial charge in [0.05, 0.1) is 18.2 Å². The standard InChI is InChI=1S/C19H15N3O2/c1-22(19(23)16-9-7-14(12-20)8-10-16)13-17-11-18(21-24-17)15-5-3-2-4-6-15/h2-11H,13H2,1H3. The van der Waals surface area contributed by atoms with E-state index in [0.29, 0.717) is 23.4 Å². The molecule has 118 valence electrons. The fourth-order valence-electron chi connectivity index (χ4n) is 2.35. The summed E-state index contributed by atoms with van der Waals surface area (Å²) >= 11 is 0. The van der Waals surface area contributed by atoms with E-state index in [-0.39, 0.29) is 5.91 Å². The minimum absolute atomic E-state index is 0.142. The summed E-state index contributed by atoms with van der Waals surface area (Å²) in [6.45, 7) is 0.318. The van der Waals surface area contributed by atoms with Crippen LogP contribution in [0.25, 0.3) is 11.3 Å². The monoisotopic (exact) mass is 317 g/mol. The maximum absolute atomic E-state index is 12.4. The Hall–Kier alpha value is -3.39. The van der Waals surface area contributed by atoms with Crippen molar-refractivity contribution in [2.24, 2.45) is 0 Å². The Bertz CT molecular complexity index is 877. The zero-order chi connectivity index (χ0) is 16.9. The summed E-state index contributed by atoms with van der Waals surface area (Å²) in [4.78, 5) is 14.0. The van der Waals surface area contributed by atoms with E-state index in [1.165, 1.54) is 0 Å². The molecule has 0 spiro atoms. The highest BCUT2D eigenvalue weighted by atomic mass is 16.5. The Morgan fingerprint density at radius 2 is 1.88 bits per heavy atom. The van der Waals surface area contributed by atoms with Crippen molar-refractivity contribution in [3.63, 3.8) is 0 Å². The van der Waals surface area contributed by atoms with Gasteiger partial charge in [0.25, 0.3) is 5.91 Å². The van der Waals surface area contributed by atoms with Crippen LogP contribution in [-0.2, 0) is 6.54 Å². The van der Waals surface area contributed by atoms with E-state index in [9.17, 15) is 4.79 Å². The summed E-state index contributed by atoms with van der Waals surface area (Å²) in [6, 6.07) is 20.1. The number of rotatable bonds is 4. The van der Waals surface area contributed by atoms with Crippen LogP contribution < -0.4 is 0 Å². The summed E-state index contributed by atoms with van der Waals surface area (Å²) in [5.41, 5.74) is 2.76. The van der Waals surface area contributed by atoms with Gasteiger partial charge in [-0.25, -0.2) is 0 Å². The summed E-state index contributed by atoms with van der Waals surface area (Å²) in [5, 5.41) is 12.8. The lowest BCUT2D eigenvalue weighted by atomic mass is 10.1. The van der Waals surface area contributed by atoms with Gasteiger partial charge in [-0.05, 0) is 24.3 Å². The Balaban J connectivity index is 1.70. The molecular formula is C19H15N3O2. The van der Waals surface area contributed by atoms with Crippen LogP contribution in [0.15, 0.2) is 65.2 Å². The summed E-state index contributed by atoms with van der Waals surface area (Å²) in [5.74, 6) is 0.468. The predicted octanol–water partition coefficient (Wildman–Crippen LogP) is 3.49. The summed E-state index contributed by atoms with van der Waals surface area (Å²) < 4.78 is 5.33. The molecule has 2 aromatic carbocycles. The van der Waals surface area contributed by atoms with Gasteiger partial charge in [0.15, 0.2) is 5.76 Å². The number of carbonyl (C=O) groups excluding carboxylic acids is 1. The minimum Gasteiger partial charge on any atom is -0.359 e. The van der Waals surface area contributed by atoms with Crippen molar-refractivity contribution < 1.29 is 9.32 Å². The third-order valence-electron chi connectivity index (χ3n) is 3.63. The SMILES string of the molecule is CN(Cc1cc(-c2ccccc2)no1)C(=O)c1ccc(C#N)cc1. The van der Waals surface area contributed by atoms with E-state index >= 15 is 0 Å². The molecule has 0 saturated heterocycles. The first-order valence-corrected chi connectivity index (χ1v) is 7.44. The number of hydrogen-bond donors (Lipinski definition) is 0. The summed E-state index contributed by atoms with van der Waals surface area (Å²) in [6.07, 6.45) is 0. The predicted molar refractivity (Wildman–Crippen MR) is 88.9 cm³/mol. The third kappa shape index (κ3) is 3.33. The Labute approximate surface area is 139 Å². The third-order valence-corrected chi connectivity index (χ3v) is 3.63. The number of hydrogen-bond acceptors (Lipinski definition) is 4. The molecule has 24 heavy (non-hydrogen) atoms. The number of carbonyl (C=O) groups is 1. The van der Waals surface area contributed by atoms with Crippen LogP contribution in [0.5, 0.6) is 0 Å². The molecule has 0 aliphatic carbocycles. The van der Waals surface area contributed by atoms with Gasteiger partial charge in [-0.1, -0.05) is 35.5 Å². The number of nitrogens with zero attached hydrogens (tertiary/aromatic N) is 3. The van der Waals surface area contributed by atoms with E-state index in [1.807, 2.05) is 42.5 Å². The highest BCUT2D eigenvalue weighted by molar-refractivity contribution is 5.94. The molecular weight excluding hydrogens is 302 g/mol. The van der Waals surface area contributed by atoms with Gasteiger partial charge in [-0.15, -0.1) is 0 Å². The van der Waals surface area contributed by atoms with Gasteiger partial charge in [-0.2, -0.15) is 5.26 Å². The molecule has 1 amide bonds. The Kier molecular flexibility index (Phi) is 4.39. The molecule has 1 heterocycles. The van der Waals surface area contributed by atoms with Crippen molar-refractivity contribution in [3.05, 3.63) is 77.6 Å². The average molecular weight is 317 g/mol. The molecule has 3 rings (SSSR count). The van der Waals surface area contributed by atoms with Crippen molar-refractivity contribution in [1.29, 1.82) is 5.26 Å². The van der Waals surface area contributed by atoms with Crippen molar-refractivity contribution in [2.45, 2.75) is 6.54 Å².